The van der Waals surface area contributed by atoms with Crippen LogP contribution in [0, 0.1) is 6.92 Å². The lowest BCUT2D eigenvalue weighted by atomic mass is 10.1. The van der Waals surface area contributed by atoms with Crippen LogP contribution in [0.4, 0.5) is 0 Å². The average Bonchev–Trinajstić information content (AvgIpc) is 2.74. The number of rotatable bonds is 2. The molecule has 0 aromatic carbocycles. The fourth-order valence-corrected chi connectivity index (χ4v) is 3.68. The summed E-state index contributed by atoms with van der Waals surface area (Å²) >= 11 is 12.3. The Labute approximate surface area is 109 Å². The van der Waals surface area contributed by atoms with Gasteiger partial charge in [-0.15, -0.1) is 22.7 Å². The Hall–Kier alpha value is 0.130. The van der Waals surface area contributed by atoms with Gasteiger partial charge in [0.1, 0.15) is 6.10 Å². The van der Waals surface area contributed by atoms with E-state index in [1.807, 2.05) is 24.4 Å². The van der Waals surface area contributed by atoms with Crippen molar-refractivity contribution >= 4 is 50.2 Å². The van der Waals surface area contributed by atoms with E-state index in [-0.39, 0.29) is 0 Å². The van der Waals surface area contributed by atoms with Crippen LogP contribution in [0.25, 0.3) is 0 Å². The first-order valence-corrected chi connectivity index (χ1v) is 7.12. The molecule has 0 aliphatic carbocycles. The minimum Gasteiger partial charge on any atom is -0.383 e. The second kappa shape index (κ2) is 4.55. The first-order valence-electron chi connectivity index (χ1n) is 4.25. The van der Waals surface area contributed by atoms with Gasteiger partial charge in [0.2, 0.25) is 0 Å². The van der Waals surface area contributed by atoms with Crippen LogP contribution in [0.1, 0.15) is 22.1 Å². The van der Waals surface area contributed by atoms with Crippen LogP contribution < -0.4 is 0 Å². The van der Waals surface area contributed by atoms with Crippen LogP contribution >= 0.6 is 50.2 Å². The molecule has 0 fully saturated rings. The van der Waals surface area contributed by atoms with Gasteiger partial charge in [-0.25, -0.2) is 0 Å². The fraction of sp³-hybridized carbons (Fsp3) is 0.200. The van der Waals surface area contributed by atoms with E-state index in [0.717, 1.165) is 24.1 Å². The van der Waals surface area contributed by atoms with Crippen molar-refractivity contribution in [3.8, 4) is 0 Å². The van der Waals surface area contributed by atoms with Gasteiger partial charge in [-0.1, -0.05) is 11.6 Å². The van der Waals surface area contributed by atoms with E-state index in [0.29, 0.717) is 0 Å². The number of aryl methyl sites for hydroxylation is 1. The van der Waals surface area contributed by atoms with Crippen molar-refractivity contribution in [3.05, 3.63) is 41.6 Å². The first kappa shape index (κ1) is 11.6. The minimum absolute atomic E-state index is 0.566. The third kappa shape index (κ3) is 2.45. The van der Waals surface area contributed by atoms with Crippen molar-refractivity contribution in [2.45, 2.75) is 13.0 Å². The van der Waals surface area contributed by atoms with E-state index in [2.05, 4.69) is 15.9 Å². The summed E-state index contributed by atoms with van der Waals surface area (Å²) in [4.78, 5) is 0.891. The van der Waals surface area contributed by atoms with Gasteiger partial charge in [-0.3, -0.25) is 0 Å². The van der Waals surface area contributed by atoms with Gasteiger partial charge >= 0.3 is 0 Å². The molecule has 5 heteroatoms. The molecule has 15 heavy (non-hydrogen) atoms. The molecular formula is C10H8BrClOS2. The highest BCUT2D eigenvalue weighted by Gasteiger charge is 2.15. The molecule has 1 nitrogen and oxygen atoms in total. The summed E-state index contributed by atoms with van der Waals surface area (Å²) in [5.74, 6) is 0. The molecular weight excluding hydrogens is 316 g/mol. The molecule has 2 heterocycles. The quantitative estimate of drug-likeness (QED) is 0.855. The van der Waals surface area contributed by atoms with Crippen LogP contribution in [-0.2, 0) is 0 Å². The second-order valence-corrected chi connectivity index (χ2v) is 7.17. The molecule has 1 unspecified atom stereocenters. The van der Waals surface area contributed by atoms with Gasteiger partial charge in [0.05, 0.1) is 8.12 Å². The zero-order valence-corrected chi connectivity index (χ0v) is 11.8. The maximum absolute atomic E-state index is 10.1. The molecule has 2 rings (SSSR count). The summed E-state index contributed by atoms with van der Waals surface area (Å²) in [7, 11) is 0. The molecule has 1 N–H and O–H groups in total. The Morgan fingerprint density at radius 1 is 1.47 bits per heavy atom. The van der Waals surface area contributed by atoms with E-state index < -0.39 is 6.10 Å². The van der Waals surface area contributed by atoms with Crippen molar-refractivity contribution in [1.82, 2.24) is 0 Å². The van der Waals surface area contributed by atoms with E-state index in [1.54, 1.807) is 11.3 Å². The van der Waals surface area contributed by atoms with E-state index >= 15 is 0 Å². The van der Waals surface area contributed by atoms with Gasteiger partial charge < -0.3 is 5.11 Å². The maximum atomic E-state index is 10.1. The number of aliphatic hydroxyl groups is 1. The molecule has 0 amide bonds. The van der Waals surface area contributed by atoms with Crippen molar-refractivity contribution < 1.29 is 5.11 Å². The van der Waals surface area contributed by atoms with E-state index in [1.165, 1.54) is 11.3 Å². The zero-order chi connectivity index (χ0) is 11.0. The normalized spacial score (nSPS) is 13.1. The SMILES string of the molecule is Cc1cc(C(O)c2csc(Br)c2)sc1Cl. The lowest BCUT2D eigenvalue weighted by Gasteiger charge is -2.04. The number of aliphatic hydroxyl groups excluding tert-OH is 1. The number of thiophene rings is 2. The smallest absolute Gasteiger partial charge is 0.114 e. The summed E-state index contributed by atoms with van der Waals surface area (Å²) in [6, 6.07) is 3.86. The van der Waals surface area contributed by atoms with Crippen LogP contribution in [-0.4, -0.2) is 5.11 Å². The van der Waals surface area contributed by atoms with Crippen LogP contribution in [0.2, 0.25) is 4.34 Å². The summed E-state index contributed by atoms with van der Waals surface area (Å²) < 4.78 is 1.77. The van der Waals surface area contributed by atoms with Crippen LogP contribution in [0.5, 0.6) is 0 Å². The van der Waals surface area contributed by atoms with Gasteiger partial charge in [0, 0.05) is 4.88 Å². The average molecular weight is 324 g/mol. The van der Waals surface area contributed by atoms with Crippen molar-refractivity contribution in [2.24, 2.45) is 0 Å². The lowest BCUT2D eigenvalue weighted by molar-refractivity contribution is 0.224. The molecule has 1 atom stereocenters. The predicted molar refractivity (Wildman–Crippen MR) is 70.1 cm³/mol. The Morgan fingerprint density at radius 2 is 2.20 bits per heavy atom. The van der Waals surface area contributed by atoms with Crippen molar-refractivity contribution in [1.29, 1.82) is 0 Å². The summed E-state index contributed by atoms with van der Waals surface area (Å²) in [6.07, 6.45) is -0.566. The minimum atomic E-state index is -0.566. The zero-order valence-electron chi connectivity index (χ0n) is 7.83. The molecule has 0 spiro atoms. The molecule has 0 aliphatic rings. The summed E-state index contributed by atoms with van der Waals surface area (Å²) in [6.45, 7) is 1.94. The molecule has 0 bridgehead atoms. The largest absolute Gasteiger partial charge is 0.383 e. The van der Waals surface area contributed by atoms with E-state index in [9.17, 15) is 5.11 Å². The predicted octanol–water partition coefficient (Wildman–Crippen LogP) is 4.62. The molecule has 0 radical (unpaired) electrons. The highest BCUT2D eigenvalue weighted by atomic mass is 79.9. The molecule has 2 aromatic heterocycles. The van der Waals surface area contributed by atoms with Gasteiger partial charge in [-0.2, -0.15) is 0 Å². The van der Waals surface area contributed by atoms with Crippen LogP contribution in [0.3, 0.4) is 0 Å². The summed E-state index contributed by atoms with van der Waals surface area (Å²) in [5, 5.41) is 12.0. The first-order chi connectivity index (χ1) is 7.08. The Kier molecular flexibility index (Phi) is 3.52. The van der Waals surface area contributed by atoms with Crippen molar-refractivity contribution in [3.63, 3.8) is 0 Å². The number of hydrogen-bond donors (Lipinski definition) is 1. The Balaban J connectivity index is 2.31. The topological polar surface area (TPSA) is 20.2 Å². The third-order valence-electron chi connectivity index (χ3n) is 2.05. The van der Waals surface area contributed by atoms with Crippen molar-refractivity contribution in [2.75, 3.05) is 0 Å². The highest BCUT2D eigenvalue weighted by molar-refractivity contribution is 9.11. The second-order valence-electron chi connectivity index (χ2n) is 3.19. The van der Waals surface area contributed by atoms with Gasteiger partial charge in [0.15, 0.2) is 0 Å². The molecule has 0 saturated heterocycles. The fourth-order valence-electron chi connectivity index (χ4n) is 1.25. The van der Waals surface area contributed by atoms with Crippen LogP contribution in [0.15, 0.2) is 21.3 Å². The standard InChI is InChI=1S/C10H8BrClOS2/c1-5-2-7(15-10(5)12)9(13)6-3-8(11)14-4-6/h2-4,9,13H,1H3. The lowest BCUT2D eigenvalue weighted by Crippen LogP contribution is -1.93. The monoisotopic (exact) mass is 322 g/mol. The van der Waals surface area contributed by atoms with Gasteiger partial charge in [-0.05, 0) is 51.5 Å². The molecule has 0 aliphatic heterocycles. The Bertz CT molecular complexity index is 458. The van der Waals surface area contributed by atoms with E-state index in [4.69, 9.17) is 11.6 Å². The summed E-state index contributed by atoms with van der Waals surface area (Å²) in [5.41, 5.74) is 1.93. The molecule has 0 saturated carbocycles. The number of hydrogen-bond acceptors (Lipinski definition) is 3. The van der Waals surface area contributed by atoms with Gasteiger partial charge in [0.25, 0.3) is 0 Å². The Morgan fingerprint density at radius 3 is 2.67 bits per heavy atom. The number of halogens is 2. The molecule has 2 aromatic rings. The third-order valence-corrected chi connectivity index (χ3v) is 5.18. The highest BCUT2D eigenvalue weighted by Crippen LogP contribution is 2.36. The molecule has 80 valence electrons. The maximum Gasteiger partial charge on any atom is 0.114 e.